The Morgan fingerprint density at radius 1 is 1.03 bits per heavy atom. The lowest BCUT2D eigenvalue weighted by molar-refractivity contribution is -0.140. The van der Waals surface area contributed by atoms with Gasteiger partial charge in [-0.2, -0.15) is 0 Å². The molecule has 9 heteroatoms. The molecule has 3 rings (SSSR count). The number of carbonyl (C=O) groups excluding carboxylic acids is 2. The van der Waals surface area contributed by atoms with Crippen LogP contribution in [0.1, 0.15) is 21.5 Å². The minimum absolute atomic E-state index is 0.109. The van der Waals surface area contributed by atoms with E-state index >= 15 is 0 Å². The van der Waals surface area contributed by atoms with Crippen molar-refractivity contribution < 1.29 is 34.1 Å². The van der Waals surface area contributed by atoms with Crippen LogP contribution in [0, 0.1) is 0 Å². The van der Waals surface area contributed by atoms with Crippen LogP contribution in [0.25, 0.3) is 6.08 Å². The van der Waals surface area contributed by atoms with E-state index in [0.29, 0.717) is 28.0 Å². The molecule has 0 aromatic heterocycles. The summed E-state index contributed by atoms with van der Waals surface area (Å²) in [6.07, 6.45) is 1.48. The zero-order valence-electron chi connectivity index (χ0n) is 14.9. The second kappa shape index (κ2) is 8.61. The highest BCUT2D eigenvalue weighted by Gasteiger charge is 2.36. The normalized spacial score (nSPS) is 15.0. The summed E-state index contributed by atoms with van der Waals surface area (Å²) in [7, 11) is 0. The van der Waals surface area contributed by atoms with E-state index in [9.17, 15) is 19.2 Å². The van der Waals surface area contributed by atoms with Crippen molar-refractivity contribution in [2.24, 2.45) is 0 Å². The Morgan fingerprint density at radius 2 is 1.72 bits per heavy atom. The van der Waals surface area contributed by atoms with Crippen LogP contribution < -0.4 is 4.74 Å². The molecule has 2 amide bonds. The molecule has 2 N–H and O–H groups in total. The van der Waals surface area contributed by atoms with Crippen molar-refractivity contribution in [3.63, 3.8) is 0 Å². The van der Waals surface area contributed by atoms with Gasteiger partial charge < -0.3 is 14.9 Å². The largest absolute Gasteiger partial charge is 0.488 e. The summed E-state index contributed by atoms with van der Waals surface area (Å²) in [5.41, 5.74) is 1.48. The summed E-state index contributed by atoms with van der Waals surface area (Å²) < 4.78 is 5.78. The minimum Gasteiger partial charge on any atom is -0.488 e. The molecule has 1 saturated heterocycles. The Kier molecular flexibility index (Phi) is 5.99. The average Bonchev–Trinajstić information content (AvgIpc) is 2.94. The Labute approximate surface area is 169 Å². The second-order valence-electron chi connectivity index (χ2n) is 5.99. The number of carboxylic acid groups (broad SMARTS) is 2. The summed E-state index contributed by atoms with van der Waals surface area (Å²) in [5.74, 6) is -2.49. The average molecular weight is 413 g/mol. The van der Waals surface area contributed by atoms with Gasteiger partial charge in [0.1, 0.15) is 18.9 Å². The van der Waals surface area contributed by atoms with Gasteiger partial charge in [-0.15, -0.1) is 0 Å². The molecule has 29 heavy (non-hydrogen) atoms. The molecule has 0 saturated carbocycles. The number of rotatable bonds is 7. The second-order valence-corrected chi connectivity index (χ2v) is 6.98. The van der Waals surface area contributed by atoms with Gasteiger partial charge >= 0.3 is 11.9 Å². The van der Waals surface area contributed by atoms with Crippen molar-refractivity contribution in [3.8, 4) is 5.75 Å². The SMILES string of the molecule is O=C(O)CN1C(=O)S/C(=C\c2ccccc2OCc2ccc(C(=O)O)cc2)C1=O. The molecule has 2 aromatic carbocycles. The Bertz CT molecular complexity index is 1010. The monoisotopic (exact) mass is 413 g/mol. The number of hydrogen-bond acceptors (Lipinski definition) is 6. The first-order chi connectivity index (χ1) is 13.8. The molecule has 0 spiro atoms. The molecule has 148 valence electrons. The van der Waals surface area contributed by atoms with Crippen molar-refractivity contribution in [2.75, 3.05) is 6.54 Å². The fraction of sp³-hybridized carbons (Fsp3) is 0.100. The molecule has 1 aliphatic heterocycles. The van der Waals surface area contributed by atoms with Crippen LogP contribution in [-0.4, -0.2) is 44.7 Å². The highest BCUT2D eigenvalue weighted by molar-refractivity contribution is 8.18. The van der Waals surface area contributed by atoms with Gasteiger partial charge in [-0.05, 0) is 41.6 Å². The van der Waals surface area contributed by atoms with E-state index in [1.54, 1.807) is 36.4 Å². The lowest BCUT2D eigenvalue weighted by Crippen LogP contribution is -2.33. The number of ether oxygens (including phenoxy) is 1. The predicted octanol–water partition coefficient (Wildman–Crippen LogP) is 3.08. The van der Waals surface area contributed by atoms with E-state index in [-0.39, 0.29) is 17.1 Å². The smallest absolute Gasteiger partial charge is 0.335 e. The van der Waals surface area contributed by atoms with E-state index in [1.807, 2.05) is 0 Å². The Morgan fingerprint density at radius 3 is 2.38 bits per heavy atom. The first-order valence-electron chi connectivity index (χ1n) is 8.36. The zero-order chi connectivity index (χ0) is 21.0. The molecule has 2 aromatic rings. The molecule has 1 heterocycles. The highest BCUT2D eigenvalue weighted by Crippen LogP contribution is 2.34. The van der Waals surface area contributed by atoms with Crippen LogP contribution in [0.2, 0.25) is 0 Å². The number of carbonyl (C=O) groups is 4. The van der Waals surface area contributed by atoms with Crippen molar-refractivity contribution in [1.29, 1.82) is 0 Å². The van der Waals surface area contributed by atoms with Crippen LogP contribution in [0.4, 0.5) is 4.79 Å². The van der Waals surface area contributed by atoms with Crippen molar-refractivity contribution in [2.45, 2.75) is 6.61 Å². The van der Waals surface area contributed by atoms with Gasteiger partial charge in [0.05, 0.1) is 10.5 Å². The van der Waals surface area contributed by atoms with Crippen molar-refractivity contribution in [1.82, 2.24) is 4.90 Å². The van der Waals surface area contributed by atoms with Crippen molar-refractivity contribution >= 4 is 40.9 Å². The summed E-state index contributed by atoms with van der Waals surface area (Å²) >= 11 is 0.670. The van der Waals surface area contributed by atoms with Crippen molar-refractivity contribution in [3.05, 3.63) is 70.1 Å². The fourth-order valence-electron chi connectivity index (χ4n) is 2.55. The van der Waals surface area contributed by atoms with E-state index in [2.05, 4.69) is 0 Å². The number of amides is 2. The molecule has 1 aliphatic rings. The molecule has 0 radical (unpaired) electrons. The summed E-state index contributed by atoms with van der Waals surface area (Å²) in [6.45, 7) is -0.516. The third-order valence-corrected chi connectivity index (χ3v) is 4.88. The number of nitrogens with zero attached hydrogens (tertiary/aromatic N) is 1. The summed E-state index contributed by atoms with van der Waals surface area (Å²) in [6, 6.07) is 13.1. The highest BCUT2D eigenvalue weighted by atomic mass is 32.2. The van der Waals surface area contributed by atoms with Gasteiger partial charge in [-0.3, -0.25) is 19.3 Å². The number of aliphatic carboxylic acids is 1. The molecular formula is C20H15NO7S. The molecule has 0 unspecified atom stereocenters. The molecular weight excluding hydrogens is 398 g/mol. The van der Waals surface area contributed by atoms with E-state index in [0.717, 1.165) is 5.56 Å². The maximum Gasteiger partial charge on any atom is 0.335 e. The first-order valence-corrected chi connectivity index (χ1v) is 9.18. The standard InChI is InChI=1S/C20H15NO7S/c22-17(23)10-21-18(24)16(29-20(21)27)9-14-3-1-2-4-15(14)28-11-12-5-7-13(8-6-12)19(25)26/h1-9H,10-11H2,(H,22,23)(H,25,26)/b16-9-. The van der Waals surface area contributed by atoms with E-state index in [1.165, 1.54) is 18.2 Å². The van der Waals surface area contributed by atoms with Gasteiger partial charge in [0.2, 0.25) is 0 Å². The number of benzene rings is 2. The van der Waals surface area contributed by atoms with Crippen LogP contribution in [0.3, 0.4) is 0 Å². The topological polar surface area (TPSA) is 121 Å². The van der Waals surface area contributed by atoms with Gasteiger partial charge in [-0.25, -0.2) is 4.79 Å². The molecule has 0 atom stereocenters. The van der Waals surface area contributed by atoms with Crippen LogP contribution >= 0.6 is 11.8 Å². The molecule has 0 aliphatic carbocycles. The Balaban J connectivity index is 1.76. The molecule has 1 fully saturated rings. The third-order valence-electron chi connectivity index (χ3n) is 3.97. The number of hydrogen-bond donors (Lipinski definition) is 2. The fourth-order valence-corrected chi connectivity index (χ4v) is 3.38. The maximum absolute atomic E-state index is 12.3. The molecule has 8 nitrogen and oxygen atoms in total. The van der Waals surface area contributed by atoms with Gasteiger partial charge in [0.15, 0.2) is 0 Å². The quantitative estimate of drug-likeness (QED) is 0.664. The zero-order valence-corrected chi connectivity index (χ0v) is 15.7. The van der Waals surface area contributed by atoms with E-state index in [4.69, 9.17) is 14.9 Å². The number of para-hydroxylation sites is 1. The van der Waals surface area contributed by atoms with E-state index < -0.39 is 29.6 Å². The maximum atomic E-state index is 12.3. The number of thioether (sulfide) groups is 1. The van der Waals surface area contributed by atoms with Gasteiger partial charge in [-0.1, -0.05) is 30.3 Å². The summed E-state index contributed by atoms with van der Waals surface area (Å²) in [5, 5.41) is 17.1. The number of carboxylic acids is 2. The molecule has 0 bridgehead atoms. The van der Waals surface area contributed by atoms with Gasteiger partial charge in [0, 0.05) is 5.56 Å². The third kappa shape index (κ3) is 4.82. The minimum atomic E-state index is -1.27. The lowest BCUT2D eigenvalue weighted by Gasteiger charge is -2.10. The summed E-state index contributed by atoms with van der Waals surface area (Å²) in [4.78, 5) is 46.7. The predicted molar refractivity (Wildman–Crippen MR) is 104 cm³/mol. The van der Waals surface area contributed by atoms with Crippen LogP contribution in [0.5, 0.6) is 5.75 Å². The number of imide groups is 1. The number of aromatic carboxylic acids is 1. The first kappa shape index (κ1) is 20.2. The van der Waals surface area contributed by atoms with Gasteiger partial charge in [0.25, 0.3) is 11.1 Å². The van der Waals surface area contributed by atoms with Crippen LogP contribution in [0.15, 0.2) is 53.4 Å². The Hall–Kier alpha value is -3.59. The van der Waals surface area contributed by atoms with Crippen LogP contribution in [-0.2, 0) is 16.2 Å². The lowest BCUT2D eigenvalue weighted by atomic mass is 10.1.